The van der Waals surface area contributed by atoms with Crippen LogP contribution >= 0.6 is 0 Å². The third-order valence-corrected chi connectivity index (χ3v) is 3.27. The summed E-state index contributed by atoms with van der Waals surface area (Å²) in [6.45, 7) is 3.95. The third-order valence-electron chi connectivity index (χ3n) is 3.27. The van der Waals surface area contributed by atoms with Gasteiger partial charge in [-0.2, -0.15) is 0 Å². The minimum absolute atomic E-state index is 0.0821. The molecule has 0 aliphatic heterocycles. The monoisotopic (exact) mass is 284 g/mol. The molecule has 21 heavy (non-hydrogen) atoms. The first-order valence-electron chi connectivity index (χ1n) is 6.86. The molecule has 1 atom stereocenters. The normalized spacial score (nSPS) is 11.6. The Bertz CT molecular complexity index is 591. The summed E-state index contributed by atoms with van der Waals surface area (Å²) in [5, 5.41) is 5.72. The number of nitrogens with one attached hydrogen (secondary N) is 2. The van der Waals surface area contributed by atoms with Gasteiger partial charge >= 0.3 is 6.03 Å². The van der Waals surface area contributed by atoms with E-state index in [9.17, 15) is 4.79 Å². The number of hydrogen-bond donors (Lipinski definition) is 2. The summed E-state index contributed by atoms with van der Waals surface area (Å²) in [5.41, 5.74) is 2.96. The Morgan fingerprint density at radius 1 is 1.05 bits per heavy atom. The number of ether oxygens (including phenoxy) is 1. The predicted molar refractivity (Wildman–Crippen MR) is 84.7 cm³/mol. The summed E-state index contributed by atoms with van der Waals surface area (Å²) in [7, 11) is 1.63. The van der Waals surface area contributed by atoms with E-state index in [1.807, 2.05) is 62.4 Å². The van der Waals surface area contributed by atoms with E-state index in [0.717, 1.165) is 22.6 Å². The lowest BCUT2D eigenvalue weighted by atomic mass is 10.1. The Labute approximate surface area is 125 Å². The molecule has 2 amide bonds. The molecule has 0 aliphatic rings. The summed E-state index contributed by atoms with van der Waals surface area (Å²) >= 11 is 0. The van der Waals surface area contributed by atoms with Crippen molar-refractivity contribution in [2.24, 2.45) is 0 Å². The van der Waals surface area contributed by atoms with Crippen molar-refractivity contribution in [3.8, 4) is 5.75 Å². The molecule has 2 aromatic rings. The van der Waals surface area contributed by atoms with Gasteiger partial charge in [-0.3, -0.25) is 0 Å². The number of aryl methyl sites for hydroxylation is 1. The van der Waals surface area contributed by atoms with Crippen LogP contribution in [-0.2, 0) is 0 Å². The van der Waals surface area contributed by atoms with E-state index < -0.39 is 0 Å². The van der Waals surface area contributed by atoms with E-state index in [0.29, 0.717) is 0 Å². The van der Waals surface area contributed by atoms with E-state index in [-0.39, 0.29) is 12.1 Å². The van der Waals surface area contributed by atoms with Crippen LogP contribution in [0.1, 0.15) is 24.1 Å². The average molecular weight is 284 g/mol. The molecule has 4 heteroatoms. The van der Waals surface area contributed by atoms with E-state index in [4.69, 9.17) is 4.74 Å². The second-order valence-electron chi connectivity index (χ2n) is 4.96. The summed E-state index contributed by atoms with van der Waals surface area (Å²) < 4.78 is 5.12. The summed E-state index contributed by atoms with van der Waals surface area (Å²) in [5.74, 6) is 0.801. The van der Waals surface area contributed by atoms with Crippen LogP contribution in [0.2, 0.25) is 0 Å². The van der Waals surface area contributed by atoms with E-state index in [2.05, 4.69) is 10.6 Å². The van der Waals surface area contributed by atoms with Crippen molar-refractivity contribution in [2.75, 3.05) is 12.4 Å². The van der Waals surface area contributed by atoms with Gasteiger partial charge in [0.2, 0.25) is 0 Å². The molecule has 0 saturated carbocycles. The second kappa shape index (κ2) is 6.79. The predicted octanol–water partition coefficient (Wildman–Crippen LogP) is 3.89. The molecule has 0 radical (unpaired) electrons. The Kier molecular flexibility index (Phi) is 4.82. The lowest BCUT2D eigenvalue weighted by molar-refractivity contribution is 0.249. The van der Waals surface area contributed by atoms with Crippen molar-refractivity contribution >= 4 is 11.7 Å². The second-order valence-corrected chi connectivity index (χ2v) is 4.96. The molecule has 0 bridgehead atoms. The fraction of sp³-hybridized carbons (Fsp3) is 0.235. The van der Waals surface area contributed by atoms with Gasteiger partial charge in [0.05, 0.1) is 13.2 Å². The van der Waals surface area contributed by atoms with Crippen LogP contribution in [-0.4, -0.2) is 13.1 Å². The molecule has 2 aromatic carbocycles. The molecule has 2 N–H and O–H groups in total. The number of carbonyl (C=O) groups excluding carboxylic acids is 1. The van der Waals surface area contributed by atoms with Crippen molar-refractivity contribution in [3.63, 3.8) is 0 Å². The zero-order valence-corrected chi connectivity index (χ0v) is 12.5. The van der Waals surface area contributed by atoms with Gasteiger partial charge < -0.3 is 15.4 Å². The van der Waals surface area contributed by atoms with Gasteiger partial charge in [0.1, 0.15) is 5.75 Å². The van der Waals surface area contributed by atoms with Crippen LogP contribution in [0.3, 0.4) is 0 Å². The van der Waals surface area contributed by atoms with Gasteiger partial charge in [-0.05, 0) is 43.7 Å². The average Bonchev–Trinajstić information content (AvgIpc) is 2.49. The minimum Gasteiger partial charge on any atom is -0.497 e. The highest BCUT2D eigenvalue weighted by atomic mass is 16.5. The number of hydrogen-bond acceptors (Lipinski definition) is 2. The van der Waals surface area contributed by atoms with Crippen molar-refractivity contribution in [1.29, 1.82) is 0 Å². The number of methoxy groups -OCH3 is 1. The molecule has 0 fully saturated rings. The number of benzene rings is 2. The van der Waals surface area contributed by atoms with Gasteiger partial charge in [-0.25, -0.2) is 4.79 Å². The van der Waals surface area contributed by atoms with Crippen LogP contribution in [0.4, 0.5) is 10.5 Å². The maximum Gasteiger partial charge on any atom is 0.319 e. The Hall–Kier alpha value is -2.49. The summed E-state index contributed by atoms with van der Waals surface area (Å²) in [6, 6.07) is 15.0. The first-order valence-corrected chi connectivity index (χ1v) is 6.86. The van der Waals surface area contributed by atoms with Gasteiger partial charge in [0.25, 0.3) is 0 Å². The van der Waals surface area contributed by atoms with Gasteiger partial charge in [-0.15, -0.1) is 0 Å². The lowest BCUT2D eigenvalue weighted by Gasteiger charge is -2.15. The van der Waals surface area contributed by atoms with Crippen molar-refractivity contribution in [3.05, 3.63) is 59.7 Å². The Balaban J connectivity index is 1.93. The zero-order chi connectivity index (χ0) is 15.2. The first kappa shape index (κ1) is 14.9. The summed E-state index contributed by atoms with van der Waals surface area (Å²) in [4.78, 5) is 12.0. The van der Waals surface area contributed by atoms with Crippen molar-refractivity contribution in [2.45, 2.75) is 19.9 Å². The molecule has 0 heterocycles. The van der Waals surface area contributed by atoms with Gasteiger partial charge in [0.15, 0.2) is 0 Å². The van der Waals surface area contributed by atoms with Crippen LogP contribution < -0.4 is 15.4 Å². The molecular formula is C17H20N2O2. The molecule has 110 valence electrons. The van der Waals surface area contributed by atoms with Crippen LogP contribution in [0.25, 0.3) is 0 Å². The third kappa shape index (κ3) is 4.24. The van der Waals surface area contributed by atoms with E-state index in [1.54, 1.807) is 7.11 Å². The molecule has 0 saturated heterocycles. The maximum atomic E-state index is 12.0. The van der Waals surface area contributed by atoms with E-state index >= 15 is 0 Å². The van der Waals surface area contributed by atoms with Gasteiger partial charge in [0, 0.05) is 5.69 Å². The van der Waals surface area contributed by atoms with E-state index in [1.165, 1.54) is 0 Å². The molecule has 4 nitrogen and oxygen atoms in total. The smallest absolute Gasteiger partial charge is 0.319 e. The zero-order valence-electron chi connectivity index (χ0n) is 12.5. The topological polar surface area (TPSA) is 50.4 Å². The van der Waals surface area contributed by atoms with Crippen molar-refractivity contribution < 1.29 is 9.53 Å². The SMILES string of the molecule is COc1ccc(C(C)NC(=O)Nc2ccc(C)cc2)cc1. The van der Waals surface area contributed by atoms with Crippen molar-refractivity contribution in [1.82, 2.24) is 5.32 Å². The van der Waals surface area contributed by atoms with Gasteiger partial charge in [-0.1, -0.05) is 29.8 Å². The highest BCUT2D eigenvalue weighted by Crippen LogP contribution is 2.17. The largest absolute Gasteiger partial charge is 0.497 e. The molecular weight excluding hydrogens is 264 g/mol. The molecule has 0 spiro atoms. The molecule has 2 rings (SSSR count). The molecule has 0 aromatic heterocycles. The number of anilines is 1. The minimum atomic E-state index is -0.220. The Morgan fingerprint density at radius 2 is 1.67 bits per heavy atom. The Morgan fingerprint density at radius 3 is 2.24 bits per heavy atom. The molecule has 1 unspecified atom stereocenters. The summed E-state index contributed by atoms with van der Waals surface area (Å²) in [6.07, 6.45) is 0. The quantitative estimate of drug-likeness (QED) is 0.895. The van der Waals surface area contributed by atoms with Crippen LogP contribution in [0, 0.1) is 6.92 Å². The highest BCUT2D eigenvalue weighted by Gasteiger charge is 2.09. The highest BCUT2D eigenvalue weighted by molar-refractivity contribution is 5.89. The number of amides is 2. The first-order chi connectivity index (χ1) is 10.1. The number of rotatable bonds is 4. The van der Waals surface area contributed by atoms with Crippen LogP contribution in [0.15, 0.2) is 48.5 Å². The molecule has 0 aliphatic carbocycles. The fourth-order valence-corrected chi connectivity index (χ4v) is 1.98. The fourth-order valence-electron chi connectivity index (χ4n) is 1.98. The maximum absolute atomic E-state index is 12.0. The van der Waals surface area contributed by atoms with Crippen LogP contribution in [0.5, 0.6) is 5.75 Å². The number of carbonyl (C=O) groups is 1. The lowest BCUT2D eigenvalue weighted by Crippen LogP contribution is -2.31. The number of urea groups is 1. The standard InChI is InChI=1S/C17H20N2O2/c1-12-4-8-15(9-5-12)19-17(20)18-13(2)14-6-10-16(21-3)11-7-14/h4-11,13H,1-3H3,(H2,18,19,20).